The molecule has 1 aliphatic rings. The largest absolute Gasteiger partial charge is 0.324 e. The molecule has 10 heteroatoms. The van der Waals surface area contributed by atoms with Crippen molar-refractivity contribution in [2.24, 2.45) is 0 Å². The summed E-state index contributed by atoms with van der Waals surface area (Å²) in [6, 6.07) is 6.29. The number of thiophene rings is 1. The van der Waals surface area contributed by atoms with Gasteiger partial charge in [-0.1, -0.05) is 89.1 Å². The minimum Gasteiger partial charge on any atom is -0.324 e. The van der Waals surface area contributed by atoms with E-state index in [1.165, 1.54) is 34.0 Å². The number of nitrogens with zero attached hydrogens (tertiary/aromatic N) is 2. The Morgan fingerprint density at radius 2 is 1.27 bits per heavy atom. The van der Waals surface area contributed by atoms with E-state index in [-0.39, 0.29) is 101 Å². The molecule has 40 heavy (non-hydrogen) atoms. The number of piperidine rings is 1. The van der Waals surface area contributed by atoms with Crippen molar-refractivity contribution in [1.29, 1.82) is 0 Å². The van der Waals surface area contributed by atoms with Crippen molar-refractivity contribution in [2.75, 3.05) is 31.7 Å². The van der Waals surface area contributed by atoms with E-state index in [4.69, 9.17) is 0 Å². The van der Waals surface area contributed by atoms with Crippen molar-refractivity contribution in [3.05, 3.63) is 42.0 Å². The molecule has 0 saturated carbocycles. The number of amides is 2. The highest BCUT2D eigenvalue weighted by Gasteiger charge is 2.29. The van der Waals surface area contributed by atoms with Gasteiger partial charge < -0.3 is 4.90 Å². The molecule has 2 heterocycles. The lowest BCUT2D eigenvalue weighted by molar-refractivity contribution is 0.174. The van der Waals surface area contributed by atoms with Crippen LogP contribution in [0.25, 0.3) is 10.4 Å². The van der Waals surface area contributed by atoms with Crippen molar-refractivity contribution in [1.82, 2.24) is 9.21 Å². The predicted molar refractivity (Wildman–Crippen MR) is 187 cm³/mol. The van der Waals surface area contributed by atoms with Crippen LogP contribution >= 0.6 is 11.3 Å². The molecule has 1 aromatic heterocycles. The number of urea groups is 1. The third kappa shape index (κ3) is 16.9. The van der Waals surface area contributed by atoms with Crippen molar-refractivity contribution in [3.8, 4) is 10.4 Å². The van der Waals surface area contributed by atoms with Crippen molar-refractivity contribution in [3.63, 3.8) is 0 Å². The summed E-state index contributed by atoms with van der Waals surface area (Å²) in [6.45, 7) is 0.769. The monoisotopic (exact) mass is 621 g/mol. The Bertz CT molecular complexity index is 956. The lowest BCUT2D eigenvalue weighted by atomic mass is 10.1. The second-order valence-corrected chi connectivity index (χ2v) is 9.82. The van der Waals surface area contributed by atoms with Crippen LogP contribution < -0.4 is 5.32 Å². The van der Waals surface area contributed by atoms with E-state index in [1.807, 2.05) is 0 Å². The second-order valence-electron chi connectivity index (χ2n) is 6.76. The smallest absolute Gasteiger partial charge is 0.322 e. The van der Waals surface area contributed by atoms with E-state index in [2.05, 4.69) is 5.32 Å². The lowest BCUT2D eigenvalue weighted by Crippen LogP contribution is -2.48. The molecule has 0 radical (unpaired) electrons. The third-order valence-electron chi connectivity index (χ3n) is 4.74. The Balaban J connectivity index is -0.0000000937. The molecule has 248 valence electrons. The van der Waals surface area contributed by atoms with Gasteiger partial charge in [0, 0.05) is 37.1 Å². The number of hydrogen-bond acceptors (Lipinski definition) is 4. The molecule has 2 aromatic rings. The Morgan fingerprint density at radius 3 is 1.68 bits per heavy atom. The van der Waals surface area contributed by atoms with Crippen molar-refractivity contribution < 1.29 is 22.0 Å². The molecule has 1 saturated heterocycles. The summed E-state index contributed by atoms with van der Waals surface area (Å²) in [5.41, 5.74) is 0.407. The minimum absolute atomic E-state index is 0. The van der Waals surface area contributed by atoms with Crippen LogP contribution in [-0.4, -0.2) is 56.1 Å². The average Bonchev–Trinajstić information content (AvgIpc) is 3.08. The molecule has 1 N–H and O–H groups in total. The summed E-state index contributed by atoms with van der Waals surface area (Å²) in [7, 11) is -1.54. The SMILES string of the molecule is C.C.C.C.C.C.C.C.C.C.C.C.CN(C(=O)Nc1ccc(-c2cc(F)cc(F)c2)s1)C1CCN(S(C)(=O)=O)CC1. The van der Waals surface area contributed by atoms with Crippen LogP contribution in [0.4, 0.5) is 18.6 Å². The van der Waals surface area contributed by atoms with Gasteiger partial charge in [0.1, 0.15) is 11.6 Å². The lowest BCUT2D eigenvalue weighted by Gasteiger charge is -2.35. The summed E-state index contributed by atoms with van der Waals surface area (Å²) in [5, 5.41) is 3.35. The zero-order valence-electron chi connectivity index (χ0n) is 15.5. The molecule has 0 bridgehead atoms. The first-order chi connectivity index (χ1) is 13.1. The fourth-order valence-electron chi connectivity index (χ4n) is 3.18. The fourth-order valence-corrected chi connectivity index (χ4v) is 4.93. The van der Waals surface area contributed by atoms with Crippen LogP contribution in [0.3, 0.4) is 0 Å². The number of benzene rings is 1. The van der Waals surface area contributed by atoms with Gasteiger partial charge in [0.2, 0.25) is 10.0 Å². The Hall–Kier alpha value is -2.04. The number of nitrogens with one attached hydrogen (secondary N) is 1. The van der Waals surface area contributed by atoms with Crippen LogP contribution in [0.2, 0.25) is 0 Å². The standard InChI is InChI=1S/C18H21F2N3O3S2.12CH4/c1-22(15-5-7-23(8-6-15)28(2,25)26)18(24)21-17-4-3-16(27-17)12-9-13(19)11-14(20)10-12;;;;;;;;;;;;/h3-4,9-11,15H,5-8H2,1-2H3,(H,21,24);12*1H4. The molecule has 0 spiro atoms. The van der Waals surface area contributed by atoms with Crippen LogP contribution in [0.1, 0.15) is 102 Å². The highest BCUT2D eigenvalue weighted by atomic mass is 32.2. The molecule has 1 aromatic carbocycles. The quantitative estimate of drug-likeness (QED) is 0.369. The Labute approximate surface area is 255 Å². The van der Waals surface area contributed by atoms with Gasteiger partial charge in [0.15, 0.2) is 0 Å². The second kappa shape index (κ2) is 27.1. The topological polar surface area (TPSA) is 69.7 Å². The van der Waals surface area contributed by atoms with Gasteiger partial charge in [-0.2, -0.15) is 0 Å². The van der Waals surface area contributed by atoms with Gasteiger partial charge in [-0.3, -0.25) is 5.32 Å². The molecule has 1 aliphatic heterocycles. The maximum Gasteiger partial charge on any atom is 0.322 e. The van der Waals surface area contributed by atoms with Gasteiger partial charge >= 0.3 is 6.03 Å². The first kappa shape index (κ1) is 66.3. The molecule has 0 aliphatic carbocycles. The normalized spacial score (nSPS) is 11.3. The number of halogens is 2. The van der Waals surface area contributed by atoms with Crippen molar-refractivity contribution in [2.45, 2.75) is 108 Å². The van der Waals surface area contributed by atoms with Crippen LogP contribution in [0, 0.1) is 11.6 Å². The van der Waals surface area contributed by atoms with E-state index in [9.17, 15) is 22.0 Å². The first-order valence-electron chi connectivity index (χ1n) is 8.69. The van der Waals surface area contributed by atoms with E-state index in [1.54, 1.807) is 24.1 Å². The highest BCUT2D eigenvalue weighted by molar-refractivity contribution is 7.88. The van der Waals surface area contributed by atoms with E-state index in [0.29, 0.717) is 41.4 Å². The zero-order chi connectivity index (χ0) is 20.5. The van der Waals surface area contributed by atoms with Gasteiger partial charge in [0.05, 0.1) is 11.3 Å². The molecule has 1 fully saturated rings. The zero-order valence-corrected chi connectivity index (χ0v) is 17.1. The van der Waals surface area contributed by atoms with Crippen molar-refractivity contribution >= 4 is 32.4 Å². The number of sulfonamides is 1. The van der Waals surface area contributed by atoms with E-state index in [0.717, 1.165) is 6.07 Å². The molecule has 0 atom stereocenters. The number of carbonyl (C=O) groups excluding carboxylic acids is 1. The number of carbonyl (C=O) groups is 1. The third-order valence-corrected chi connectivity index (χ3v) is 7.10. The summed E-state index contributed by atoms with van der Waals surface area (Å²) in [4.78, 5) is 14.7. The molecular weight excluding hydrogens is 552 g/mol. The first-order valence-corrected chi connectivity index (χ1v) is 11.4. The summed E-state index contributed by atoms with van der Waals surface area (Å²) < 4.78 is 51.4. The van der Waals surface area contributed by atoms with Gasteiger partial charge in [-0.25, -0.2) is 26.3 Å². The Morgan fingerprint density at radius 1 is 0.850 bits per heavy atom. The maximum absolute atomic E-state index is 13.4. The van der Waals surface area contributed by atoms with Gasteiger partial charge in [-0.05, 0) is 42.7 Å². The fraction of sp³-hybridized carbons (Fsp3) is 0.633. The van der Waals surface area contributed by atoms with Crippen LogP contribution in [0.15, 0.2) is 30.3 Å². The highest BCUT2D eigenvalue weighted by Crippen LogP contribution is 2.32. The number of hydrogen-bond donors (Lipinski definition) is 1. The molecular formula is C30H69F2N3O3S2. The van der Waals surface area contributed by atoms with E-state index >= 15 is 0 Å². The number of anilines is 1. The predicted octanol–water partition coefficient (Wildman–Crippen LogP) is 11.2. The van der Waals surface area contributed by atoms with Gasteiger partial charge in [0.25, 0.3) is 0 Å². The van der Waals surface area contributed by atoms with Gasteiger partial charge in [-0.15, -0.1) is 11.3 Å². The molecule has 3 rings (SSSR count). The number of rotatable bonds is 4. The van der Waals surface area contributed by atoms with Crippen LogP contribution in [-0.2, 0) is 10.0 Å². The molecule has 0 unspecified atom stereocenters. The van der Waals surface area contributed by atoms with E-state index < -0.39 is 21.7 Å². The summed E-state index contributed by atoms with van der Waals surface area (Å²) in [6.07, 6.45) is 2.31. The summed E-state index contributed by atoms with van der Waals surface area (Å²) >= 11 is 1.22. The molecule has 6 nitrogen and oxygen atoms in total. The molecule has 2 amide bonds. The maximum atomic E-state index is 13.4. The average molecular weight is 622 g/mol. The minimum atomic E-state index is -3.21. The summed E-state index contributed by atoms with van der Waals surface area (Å²) in [5.74, 6) is -1.32. The van der Waals surface area contributed by atoms with Crippen LogP contribution in [0.5, 0.6) is 0 Å². The Kier molecular flexibility index (Phi) is 45.0.